The molecule has 0 fully saturated rings. The highest BCUT2D eigenvalue weighted by atomic mass is 15.1. The van der Waals surface area contributed by atoms with E-state index in [9.17, 15) is 0 Å². The van der Waals surface area contributed by atoms with Crippen LogP contribution in [0.1, 0.15) is 45.1 Å². The summed E-state index contributed by atoms with van der Waals surface area (Å²) in [5, 5.41) is 0. The number of nitrogens with zero attached hydrogens (tertiary/aromatic N) is 2. The second-order valence-corrected chi connectivity index (χ2v) is 10.4. The Kier molecular flexibility index (Phi) is 9.32. The molecule has 0 unspecified atom stereocenters. The van der Waals surface area contributed by atoms with Gasteiger partial charge in [0.2, 0.25) is 0 Å². The normalized spacial score (nSPS) is 10.8. The Morgan fingerprint density at radius 1 is 0.425 bits per heavy atom. The van der Waals surface area contributed by atoms with Crippen LogP contribution in [-0.4, -0.2) is 6.54 Å². The lowest BCUT2D eigenvalue weighted by Crippen LogP contribution is -2.18. The minimum Gasteiger partial charge on any atom is -0.341 e. The van der Waals surface area contributed by atoms with Crippen molar-refractivity contribution in [2.45, 2.75) is 46.0 Å². The molecule has 2 nitrogen and oxygen atoms in total. The van der Waals surface area contributed by atoms with Gasteiger partial charge >= 0.3 is 0 Å². The van der Waals surface area contributed by atoms with Gasteiger partial charge < -0.3 is 9.80 Å². The lowest BCUT2D eigenvalue weighted by Gasteiger charge is -2.26. The fourth-order valence-corrected chi connectivity index (χ4v) is 5.19. The van der Waals surface area contributed by atoms with Crippen molar-refractivity contribution in [3.05, 3.63) is 139 Å². The van der Waals surface area contributed by atoms with Crippen molar-refractivity contribution in [3.8, 4) is 11.1 Å². The van der Waals surface area contributed by atoms with Crippen LogP contribution in [0.3, 0.4) is 0 Å². The molecule has 0 saturated carbocycles. The minimum absolute atomic E-state index is 1.02. The molecule has 5 aromatic rings. The molecule has 0 radical (unpaired) electrons. The highest BCUT2D eigenvalue weighted by Gasteiger charge is 2.13. The maximum absolute atomic E-state index is 2.42. The van der Waals surface area contributed by atoms with Gasteiger partial charge in [-0.1, -0.05) is 99.5 Å². The molecule has 0 heterocycles. The van der Waals surface area contributed by atoms with Gasteiger partial charge in [0.1, 0.15) is 0 Å². The number of para-hydroxylation sites is 2. The molecule has 40 heavy (non-hydrogen) atoms. The Balaban J connectivity index is 1.39. The number of benzene rings is 5. The molecule has 0 aromatic heterocycles. The van der Waals surface area contributed by atoms with E-state index in [-0.39, 0.29) is 0 Å². The van der Waals surface area contributed by atoms with Crippen molar-refractivity contribution >= 4 is 28.4 Å². The highest BCUT2D eigenvalue weighted by molar-refractivity contribution is 5.78. The molecule has 5 aromatic carbocycles. The number of rotatable bonds is 12. The first-order valence-corrected chi connectivity index (χ1v) is 14.7. The second-order valence-electron chi connectivity index (χ2n) is 10.4. The topological polar surface area (TPSA) is 6.48 Å². The Bertz CT molecular complexity index is 1420. The highest BCUT2D eigenvalue weighted by Crippen LogP contribution is 2.36. The monoisotopic (exact) mass is 524 g/mol. The standard InChI is InChI=1S/C38H40N2/c1-3-5-13-31-18-24-37(25-19-31)40(36-16-11-8-12-17-36)38-28-22-33(23-29-38)32-20-26-35(27-21-32)39(30-6-4-2)34-14-9-7-10-15-34/h7-12,14-29H,3-6,13,30H2,1-2H3. The number of unbranched alkanes of at least 4 members (excludes halogenated alkanes) is 2. The van der Waals surface area contributed by atoms with Crippen LogP contribution in [0.2, 0.25) is 0 Å². The van der Waals surface area contributed by atoms with Crippen LogP contribution < -0.4 is 9.80 Å². The van der Waals surface area contributed by atoms with E-state index in [1.165, 1.54) is 53.0 Å². The van der Waals surface area contributed by atoms with Crippen LogP contribution in [0.15, 0.2) is 133 Å². The minimum atomic E-state index is 1.02. The molecule has 0 aliphatic carbocycles. The summed E-state index contributed by atoms with van der Waals surface area (Å²) in [5.74, 6) is 0. The Morgan fingerprint density at radius 2 is 0.850 bits per heavy atom. The molecule has 0 amide bonds. The zero-order valence-corrected chi connectivity index (χ0v) is 23.8. The van der Waals surface area contributed by atoms with E-state index >= 15 is 0 Å². The average Bonchev–Trinajstić information content (AvgIpc) is 3.03. The largest absolute Gasteiger partial charge is 0.341 e. The third-order valence-corrected chi connectivity index (χ3v) is 7.47. The summed E-state index contributed by atoms with van der Waals surface area (Å²) < 4.78 is 0. The molecule has 0 aliphatic rings. The van der Waals surface area contributed by atoms with Gasteiger partial charge in [0.05, 0.1) is 0 Å². The molecule has 2 heteroatoms. The van der Waals surface area contributed by atoms with Gasteiger partial charge in [-0.3, -0.25) is 0 Å². The number of hydrogen-bond acceptors (Lipinski definition) is 2. The average molecular weight is 525 g/mol. The van der Waals surface area contributed by atoms with Gasteiger partial charge in [-0.05, 0) is 96.6 Å². The molecule has 0 saturated heterocycles. The Hall–Kier alpha value is -4.30. The maximum atomic E-state index is 2.42. The quantitative estimate of drug-likeness (QED) is 0.160. The van der Waals surface area contributed by atoms with E-state index < -0.39 is 0 Å². The number of aryl methyl sites for hydroxylation is 1. The number of hydrogen-bond donors (Lipinski definition) is 0. The van der Waals surface area contributed by atoms with Crippen molar-refractivity contribution in [3.63, 3.8) is 0 Å². The predicted octanol–water partition coefficient (Wildman–Crippen LogP) is 11.1. The fraction of sp³-hybridized carbons (Fsp3) is 0.211. The van der Waals surface area contributed by atoms with Crippen LogP contribution >= 0.6 is 0 Å². The van der Waals surface area contributed by atoms with E-state index in [4.69, 9.17) is 0 Å². The fourth-order valence-electron chi connectivity index (χ4n) is 5.19. The van der Waals surface area contributed by atoms with Gasteiger partial charge in [-0.15, -0.1) is 0 Å². The first-order chi connectivity index (χ1) is 19.8. The van der Waals surface area contributed by atoms with Crippen molar-refractivity contribution in [1.29, 1.82) is 0 Å². The zero-order valence-electron chi connectivity index (χ0n) is 23.8. The summed E-state index contributed by atoms with van der Waals surface area (Å²) in [6, 6.07) is 48.3. The van der Waals surface area contributed by atoms with Gasteiger partial charge in [0, 0.05) is 35.0 Å². The Labute approximate surface area is 240 Å². The summed E-state index contributed by atoms with van der Waals surface area (Å²) in [5.41, 5.74) is 9.82. The lowest BCUT2D eigenvalue weighted by atomic mass is 10.0. The van der Waals surface area contributed by atoms with Gasteiger partial charge in [-0.25, -0.2) is 0 Å². The van der Waals surface area contributed by atoms with E-state index in [2.05, 4.69) is 157 Å². The van der Waals surface area contributed by atoms with Crippen molar-refractivity contribution < 1.29 is 0 Å². The smallest absolute Gasteiger partial charge is 0.0462 e. The molecule has 0 bridgehead atoms. The molecule has 0 aliphatic heterocycles. The first-order valence-electron chi connectivity index (χ1n) is 14.7. The van der Waals surface area contributed by atoms with E-state index in [1.54, 1.807) is 0 Å². The summed E-state index contributed by atoms with van der Waals surface area (Å²) in [6.07, 6.45) is 5.93. The molecule has 0 atom stereocenters. The van der Waals surface area contributed by atoms with Crippen LogP contribution in [0.5, 0.6) is 0 Å². The van der Waals surface area contributed by atoms with Crippen molar-refractivity contribution in [1.82, 2.24) is 0 Å². The molecule has 202 valence electrons. The summed E-state index contributed by atoms with van der Waals surface area (Å²) in [4.78, 5) is 4.75. The van der Waals surface area contributed by atoms with Gasteiger partial charge in [-0.2, -0.15) is 0 Å². The van der Waals surface area contributed by atoms with E-state index in [1.807, 2.05) is 0 Å². The van der Waals surface area contributed by atoms with Gasteiger partial charge in [0.15, 0.2) is 0 Å². The van der Waals surface area contributed by atoms with Crippen LogP contribution in [0.25, 0.3) is 11.1 Å². The molecule has 5 rings (SSSR count). The van der Waals surface area contributed by atoms with E-state index in [0.717, 1.165) is 30.8 Å². The molecular formula is C38H40N2. The summed E-state index contributed by atoms with van der Waals surface area (Å²) in [6.45, 7) is 5.51. The predicted molar refractivity (Wildman–Crippen MR) is 174 cm³/mol. The van der Waals surface area contributed by atoms with E-state index in [0.29, 0.717) is 0 Å². The lowest BCUT2D eigenvalue weighted by molar-refractivity contribution is 0.786. The summed E-state index contributed by atoms with van der Waals surface area (Å²) >= 11 is 0. The SMILES string of the molecule is CCCCc1ccc(N(c2ccccc2)c2ccc(-c3ccc(N(CCCC)c4ccccc4)cc3)cc2)cc1. The second kappa shape index (κ2) is 13.7. The third-order valence-electron chi connectivity index (χ3n) is 7.47. The number of anilines is 5. The Morgan fingerprint density at radius 3 is 1.38 bits per heavy atom. The third kappa shape index (κ3) is 6.63. The van der Waals surface area contributed by atoms with Crippen molar-refractivity contribution in [2.75, 3.05) is 16.3 Å². The van der Waals surface area contributed by atoms with Crippen LogP contribution in [0, 0.1) is 0 Å². The van der Waals surface area contributed by atoms with Crippen molar-refractivity contribution in [2.24, 2.45) is 0 Å². The van der Waals surface area contributed by atoms with Gasteiger partial charge in [0.25, 0.3) is 0 Å². The molecule has 0 N–H and O–H groups in total. The van der Waals surface area contributed by atoms with Crippen LogP contribution in [-0.2, 0) is 6.42 Å². The zero-order chi connectivity index (χ0) is 27.6. The first kappa shape index (κ1) is 27.3. The maximum Gasteiger partial charge on any atom is 0.0462 e. The molecule has 0 spiro atoms. The van der Waals surface area contributed by atoms with Crippen LogP contribution in [0.4, 0.5) is 28.4 Å². The molecular weight excluding hydrogens is 484 g/mol. The summed E-state index contributed by atoms with van der Waals surface area (Å²) in [7, 11) is 0.